The minimum Gasteiger partial charge on any atom is -0.544 e. The molecule has 0 aliphatic carbocycles. The lowest BCUT2D eigenvalue weighted by Crippen LogP contribution is -2.93. The van der Waals surface area contributed by atoms with E-state index in [4.69, 9.17) is 0 Å². The van der Waals surface area contributed by atoms with Crippen molar-refractivity contribution >= 4 is 17.6 Å². The molecule has 0 aliphatic heterocycles. The molecule has 0 heterocycles. The monoisotopic (exact) mass is 336 g/mol. The van der Waals surface area contributed by atoms with Crippen LogP contribution in [-0.2, 0) is 9.59 Å². The van der Waals surface area contributed by atoms with Crippen molar-refractivity contribution in [2.24, 2.45) is 0 Å². The van der Waals surface area contributed by atoms with E-state index in [1.807, 2.05) is 32.0 Å². The molecule has 1 rings (SSSR count). The first kappa shape index (κ1) is 20.1. The molecule has 0 radical (unpaired) electrons. The number of benzene rings is 1. The lowest BCUT2D eigenvalue weighted by atomic mass is 10.1. The summed E-state index contributed by atoms with van der Waals surface area (Å²) in [5.41, 5.74) is 6.59. The lowest BCUT2D eigenvalue weighted by Gasteiger charge is -2.17. The number of quaternary nitrogens is 2. The zero-order chi connectivity index (χ0) is 17.9. The zero-order valence-corrected chi connectivity index (χ0v) is 14.8. The molecular weight excluding hydrogens is 306 g/mol. The Bertz CT molecular complexity index is 546. The molecule has 134 valence electrons. The van der Waals surface area contributed by atoms with Gasteiger partial charge in [-0.05, 0) is 51.2 Å². The van der Waals surface area contributed by atoms with Crippen LogP contribution in [0.5, 0.6) is 0 Å². The maximum absolute atomic E-state index is 12.1. The van der Waals surface area contributed by atoms with Crippen molar-refractivity contribution in [1.29, 1.82) is 0 Å². The molecular formula is C18H30N3O3+. The number of anilines is 1. The number of hydrogen-bond acceptors (Lipinski definition) is 3. The van der Waals surface area contributed by atoms with Gasteiger partial charge in [-0.15, -0.1) is 0 Å². The maximum atomic E-state index is 12.1. The summed E-state index contributed by atoms with van der Waals surface area (Å²) in [5.74, 6) is -1.49. The number of carbonyl (C=O) groups excluding carboxylic acids is 2. The predicted octanol–water partition coefficient (Wildman–Crippen LogP) is -0.884. The molecule has 1 aromatic carbocycles. The SMILES string of the molecule is Cc1ccc(NC(=O)C[C@@H]([NH2+]CCCCCC[NH3+])C(=O)[O-])c(C)c1. The molecule has 6 heteroatoms. The van der Waals surface area contributed by atoms with Gasteiger partial charge in [0.05, 0.1) is 25.5 Å². The third-order valence-corrected chi connectivity index (χ3v) is 4.02. The Balaban J connectivity index is 2.43. The highest BCUT2D eigenvalue weighted by Crippen LogP contribution is 2.16. The van der Waals surface area contributed by atoms with Gasteiger partial charge in [-0.25, -0.2) is 0 Å². The van der Waals surface area contributed by atoms with Gasteiger partial charge in [0, 0.05) is 5.69 Å². The van der Waals surface area contributed by atoms with E-state index in [-0.39, 0.29) is 12.3 Å². The van der Waals surface area contributed by atoms with Crippen LogP contribution in [0.3, 0.4) is 0 Å². The first-order valence-electron chi connectivity index (χ1n) is 8.64. The van der Waals surface area contributed by atoms with E-state index in [1.165, 1.54) is 0 Å². The van der Waals surface area contributed by atoms with Crippen molar-refractivity contribution in [2.75, 3.05) is 18.4 Å². The minimum absolute atomic E-state index is 0.0888. The summed E-state index contributed by atoms with van der Waals surface area (Å²) < 4.78 is 0. The lowest BCUT2D eigenvalue weighted by molar-refractivity contribution is -0.682. The average molecular weight is 336 g/mol. The Hall–Kier alpha value is -1.92. The van der Waals surface area contributed by atoms with Crippen LogP contribution in [0.1, 0.15) is 43.2 Å². The van der Waals surface area contributed by atoms with Crippen molar-refractivity contribution in [3.8, 4) is 0 Å². The highest BCUT2D eigenvalue weighted by molar-refractivity contribution is 5.94. The molecule has 0 bridgehead atoms. The molecule has 0 spiro atoms. The number of carboxylic acids is 1. The molecule has 6 N–H and O–H groups in total. The van der Waals surface area contributed by atoms with E-state index in [9.17, 15) is 14.7 Å². The quantitative estimate of drug-likeness (QED) is 0.456. The third kappa shape index (κ3) is 7.57. The van der Waals surface area contributed by atoms with E-state index in [0.29, 0.717) is 6.54 Å². The standard InChI is InChI=1S/C18H29N3O3/c1-13-7-8-15(14(2)11-13)21-17(22)12-16(18(23)24)20-10-6-4-3-5-9-19/h7-8,11,16,20H,3-6,9-10,12,19H2,1-2H3,(H,21,22)(H,23,24)/p+1/t16-/m1/s1. The second-order valence-electron chi connectivity index (χ2n) is 6.29. The second kappa shape index (κ2) is 10.8. The van der Waals surface area contributed by atoms with Crippen LogP contribution in [0.15, 0.2) is 18.2 Å². The summed E-state index contributed by atoms with van der Waals surface area (Å²) in [7, 11) is 0. The fourth-order valence-electron chi connectivity index (χ4n) is 2.61. The smallest absolute Gasteiger partial charge is 0.230 e. The van der Waals surface area contributed by atoms with Gasteiger partial charge in [-0.1, -0.05) is 17.7 Å². The number of carboxylic acid groups (broad SMARTS) is 1. The number of hydrogen-bond donors (Lipinski definition) is 3. The Morgan fingerprint density at radius 2 is 1.92 bits per heavy atom. The highest BCUT2D eigenvalue weighted by atomic mass is 16.4. The van der Waals surface area contributed by atoms with E-state index in [0.717, 1.165) is 49.0 Å². The Labute approximate surface area is 143 Å². The topological polar surface area (TPSA) is 113 Å². The van der Waals surface area contributed by atoms with Gasteiger partial charge >= 0.3 is 0 Å². The molecule has 0 unspecified atom stereocenters. The van der Waals surface area contributed by atoms with Crippen molar-refractivity contribution in [3.63, 3.8) is 0 Å². The molecule has 0 fully saturated rings. The summed E-state index contributed by atoms with van der Waals surface area (Å²) in [5, 5.41) is 15.7. The number of aryl methyl sites for hydroxylation is 2. The fraction of sp³-hybridized carbons (Fsp3) is 0.556. The van der Waals surface area contributed by atoms with Gasteiger partial charge in [0.15, 0.2) is 0 Å². The van der Waals surface area contributed by atoms with Crippen LogP contribution in [0.2, 0.25) is 0 Å². The van der Waals surface area contributed by atoms with E-state index in [2.05, 4.69) is 11.1 Å². The van der Waals surface area contributed by atoms with Crippen LogP contribution >= 0.6 is 0 Å². The fourth-order valence-corrected chi connectivity index (χ4v) is 2.61. The number of nitrogens with one attached hydrogen (secondary N) is 1. The van der Waals surface area contributed by atoms with Crippen molar-refractivity contribution in [1.82, 2.24) is 0 Å². The van der Waals surface area contributed by atoms with E-state index in [1.54, 1.807) is 5.32 Å². The normalized spacial score (nSPS) is 12.0. The van der Waals surface area contributed by atoms with Crippen molar-refractivity contribution < 1.29 is 25.7 Å². The summed E-state index contributed by atoms with van der Waals surface area (Å²) >= 11 is 0. The van der Waals surface area contributed by atoms with Gasteiger partial charge in [0.2, 0.25) is 5.91 Å². The van der Waals surface area contributed by atoms with Gasteiger partial charge in [-0.2, -0.15) is 0 Å². The second-order valence-corrected chi connectivity index (χ2v) is 6.29. The molecule has 0 saturated heterocycles. The van der Waals surface area contributed by atoms with Gasteiger partial charge in [-0.3, -0.25) is 4.79 Å². The summed E-state index contributed by atoms with van der Waals surface area (Å²) in [6.45, 7) is 5.52. The Morgan fingerprint density at radius 1 is 1.21 bits per heavy atom. The average Bonchev–Trinajstić information content (AvgIpc) is 2.52. The molecule has 0 saturated carbocycles. The summed E-state index contributed by atoms with van der Waals surface area (Å²) in [4.78, 5) is 23.3. The first-order valence-corrected chi connectivity index (χ1v) is 8.64. The Kier molecular flexibility index (Phi) is 9.04. The summed E-state index contributed by atoms with van der Waals surface area (Å²) in [6, 6.07) is 4.88. The first-order chi connectivity index (χ1) is 11.4. The van der Waals surface area contributed by atoms with Gasteiger partial charge < -0.3 is 26.3 Å². The number of nitrogens with two attached hydrogens (primary N) is 1. The summed E-state index contributed by atoms with van der Waals surface area (Å²) in [6.07, 6.45) is 4.11. The zero-order valence-electron chi connectivity index (χ0n) is 14.8. The van der Waals surface area contributed by atoms with Crippen LogP contribution in [0.25, 0.3) is 0 Å². The highest BCUT2D eigenvalue weighted by Gasteiger charge is 2.18. The molecule has 0 aromatic heterocycles. The van der Waals surface area contributed by atoms with Crippen LogP contribution in [0, 0.1) is 13.8 Å². The largest absolute Gasteiger partial charge is 0.544 e. The molecule has 1 amide bonds. The van der Waals surface area contributed by atoms with Crippen molar-refractivity contribution in [2.45, 2.75) is 52.0 Å². The number of amides is 1. The van der Waals surface area contributed by atoms with E-state index >= 15 is 0 Å². The molecule has 1 aromatic rings. The molecule has 6 nitrogen and oxygen atoms in total. The Morgan fingerprint density at radius 3 is 2.54 bits per heavy atom. The van der Waals surface area contributed by atoms with Crippen LogP contribution < -0.4 is 21.5 Å². The van der Waals surface area contributed by atoms with Crippen LogP contribution in [0.4, 0.5) is 5.69 Å². The number of carbonyl (C=O) groups is 2. The third-order valence-electron chi connectivity index (χ3n) is 4.02. The van der Waals surface area contributed by atoms with Crippen molar-refractivity contribution in [3.05, 3.63) is 29.3 Å². The number of rotatable bonds is 11. The minimum atomic E-state index is -1.19. The number of aliphatic carboxylic acids is 1. The van der Waals surface area contributed by atoms with Gasteiger partial charge in [0.1, 0.15) is 6.04 Å². The molecule has 1 atom stereocenters. The maximum Gasteiger partial charge on any atom is 0.230 e. The van der Waals surface area contributed by atoms with Gasteiger partial charge in [0.25, 0.3) is 0 Å². The predicted molar refractivity (Wildman–Crippen MR) is 91.0 cm³/mol. The molecule has 0 aliphatic rings. The number of unbranched alkanes of at least 4 members (excludes halogenated alkanes) is 3. The van der Waals surface area contributed by atoms with E-state index < -0.39 is 12.0 Å². The van der Waals surface area contributed by atoms with Crippen LogP contribution in [-0.4, -0.2) is 31.0 Å². The molecule has 24 heavy (non-hydrogen) atoms.